The van der Waals surface area contributed by atoms with Gasteiger partial charge in [0, 0.05) is 13.0 Å². The minimum atomic E-state index is -0.663. The zero-order chi connectivity index (χ0) is 6.85. The lowest BCUT2D eigenvalue weighted by Crippen LogP contribution is -2.04. The fraction of sp³-hybridized carbons (Fsp3) is 1.00. The second-order valence-corrected chi connectivity index (χ2v) is 3.02. The molecule has 1 aliphatic rings. The van der Waals surface area contributed by atoms with Crippen LogP contribution in [-0.2, 0) is 4.74 Å². The lowest BCUT2D eigenvalue weighted by molar-refractivity contribution is 0.0811. The third kappa shape index (κ3) is 2.31. The third-order valence-corrected chi connectivity index (χ3v) is 1.30. The SMILES string of the molecule is CC(C)CO[C@@H]1C[C@H]1F. The van der Waals surface area contributed by atoms with E-state index in [1.54, 1.807) is 0 Å². The second-order valence-electron chi connectivity index (χ2n) is 3.02. The lowest BCUT2D eigenvalue weighted by Gasteiger charge is -2.03. The van der Waals surface area contributed by atoms with Crippen LogP contribution in [0.1, 0.15) is 20.3 Å². The molecule has 54 valence electrons. The Kier molecular flexibility index (Phi) is 2.06. The molecule has 1 saturated carbocycles. The van der Waals surface area contributed by atoms with Crippen LogP contribution in [-0.4, -0.2) is 18.9 Å². The van der Waals surface area contributed by atoms with E-state index in [1.165, 1.54) is 0 Å². The molecule has 0 saturated heterocycles. The van der Waals surface area contributed by atoms with Crippen LogP contribution in [0.15, 0.2) is 0 Å². The summed E-state index contributed by atoms with van der Waals surface area (Å²) in [6, 6.07) is 0. The largest absolute Gasteiger partial charge is 0.375 e. The number of hydrogen-bond donors (Lipinski definition) is 0. The van der Waals surface area contributed by atoms with Crippen molar-refractivity contribution in [2.45, 2.75) is 32.5 Å². The molecule has 0 bridgehead atoms. The normalized spacial score (nSPS) is 33.3. The molecule has 0 unspecified atom stereocenters. The topological polar surface area (TPSA) is 9.23 Å². The Morgan fingerprint density at radius 3 is 2.56 bits per heavy atom. The maximum absolute atomic E-state index is 12.1. The molecule has 2 atom stereocenters. The summed E-state index contributed by atoms with van der Waals surface area (Å²) >= 11 is 0. The summed E-state index contributed by atoms with van der Waals surface area (Å²) in [5.74, 6) is 0.526. The van der Waals surface area contributed by atoms with Gasteiger partial charge in [-0.2, -0.15) is 0 Å². The summed E-state index contributed by atoms with van der Waals surface area (Å²) in [6.07, 6.45) is -0.108. The molecule has 0 spiro atoms. The van der Waals surface area contributed by atoms with Crippen molar-refractivity contribution in [1.82, 2.24) is 0 Å². The van der Waals surface area contributed by atoms with Crippen molar-refractivity contribution in [2.24, 2.45) is 5.92 Å². The molecule has 2 heteroatoms. The van der Waals surface area contributed by atoms with Gasteiger partial charge in [-0.05, 0) is 5.92 Å². The van der Waals surface area contributed by atoms with Crippen LogP contribution in [0.5, 0.6) is 0 Å². The molecule has 0 aromatic rings. The minimum Gasteiger partial charge on any atom is -0.375 e. The van der Waals surface area contributed by atoms with E-state index in [9.17, 15) is 4.39 Å². The van der Waals surface area contributed by atoms with Crippen LogP contribution < -0.4 is 0 Å². The number of hydrogen-bond acceptors (Lipinski definition) is 1. The zero-order valence-electron chi connectivity index (χ0n) is 5.93. The van der Waals surface area contributed by atoms with Crippen LogP contribution in [0.2, 0.25) is 0 Å². The van der Waals surface area contributed by atoms with Gasteiger partial charge in [0.2, 0.25) is 0 Å². The highest BCUT2D eigenvalue weighted by Crippen LogP contribution is 2.28. The number of alkyl halides is 1. The highest BCUT2D eigenvalue weighted by atomic mass is 19.1. The molecular formula is C7H13FO. The molecule has 0 aromatic heterocycles. The van der Waals surface area contributed by atoms with Crippen molar-refractivity contribution in [1.29, 1.82) is 0 Å². The van der Waals surface area contributed by atoms with E-state index in [4.69, 9.17) is 4.74 Å². The standard InChI is InChI=1S/C7H13FO/c1-5(2)4-9-7-3-6(7)8/h5-7H,3-4H2,1-2H3/t6-,7-/m1/s1. The van der Waals surface area contributed by atoms with E-state index in [0.717, 1.165) is 0 Å². The highest BCUT2D eigenvalue weighted by molar-refractivity contribution is 4.87. The molecule has 9 heavy (non-hydrogen) atoms. The van der Waals surface area contributed by atoms with Gasteiger partial charge in [-0.1, -0.05) is 13.8 Å². The average molecular weight is 132 g/mol. The van der Waals surface area contributed by atoms with Crippen molar-refractivity contribution >= 4 is 0 Å². The molecule has 0 aliphatic heterocycles. The number of ether oxygens (including phenoxy) is 1. The van der Waals surface area contributed by atoms with E-state index in [0.29, 0.717) is 18.9 Å². The van der Waals surface area contributed by atoms with Crippen molar-refractivity contribution in [3.05, 3.63) is 0 Å². The first kappa shape index (κ1) is 7.00. The van der Waals surface area contributed by atoms with E-state index in [2.05, 4.69) is 13.8 Å². The first-order valence-electron chi connectivity index (χ1n) is 3.46. The molecule has 0 amide bonds. The van der Waals surface area contributed by atoms with Crippen LogP contribution in [0.4, 0.5) is 4.39 Å². The van der Waals surface area contributed by atoms with Gasteiger partial charge in [-0.25, -0.2) is 4.39 Å². The molecule has 1 fully saturated rings. The molecular weight excluding hydrogens is 119 g/mol. The van der Waals surface area contributed by atoms with Crippen molar-refractivity contribution in [2.75, 3.05) is 6.61 Å². The zero-order valence-corrected chi connectivity index (χ0v) is 5.93. The molecule has 0 radical (unpaired) electrons. The van der Waals surface area contributed by atoms with Gasteiger partial charge in [0.25, 0.3) is 0 Å². The fourth-order valence-corrected chi connectivity index (χ4v) is 0.632. The Hall–Kier alpha value is -0.110. The van der Waals surface area contributed by atoms with Crippen LogP contribution in [0, 0.1) is 5.92 Å². The van der Waals surface area contributed by atoms with Crippen LogP contribution in [0.25, 0.3) is 0 Å². The second kappa shape index (κ2) is 2.65. The molecule has 0 N–H and O–H groups in total. The maximum atomic E-state index is 12.1. The molecule has 1 aliphatic carbocycles. The van der Waals surface area contributed by atoms with Crippen molar-refractivity contribution in [3.63, 3.8) is 0 Å². The Morgan fingerprint density at radius 2 is 2.22 bits per heavy atom. The summed E-state index contributed by atoms with van der Waals surface area (Å²) in [6.45, 7) is 4.83. The average Bonchev–Trinajstić information content (AvgIpc) is 2.42. The third-order valence-electron chi connectivity index (χ3n) is 1.30. The summed E-state index contributed by atoms with van der Waals surface area (Å²) in [7, 11) is 0. The smallest absolute Gasteiger partial charge is 0.129 e. The van der Waals surface area contributed by atoms with Crippen LogP contribution >= 0.6 is 0 Å². The van der Waals surface area contributed by atoms with E-state index >= 15 is 0 Å². The van der Waals surface area contributed by atoms with Gasteiger partial charge >= 0.3 is 0 Å². The van der Waals surface area contributed by atoms with Crippen molar-refractivity contribution < 1.29 is 9.13 Å². The highest BCUT2D eigenvalue weighted by Gasteiger charge is 2.38. The van der Waals surface area contributed by atoms with Gasteiger partial charge in [-0.15, -0.1) is 0 Å². The molecule has 0 aromatic carbocycles. The first-order valence-corrected chi connectivity index (χ1v) is 3.46. The van der Waals surface area contributed by atoms with Crippen LogP contribution in [0.3, 0.4) is 0 Å². The molecule has 0 heterocycles. The Balaban J connectivity index is 1.94. The van der Waals surface area contributed by atoms with Gasteiger partial charge in [-0.3, -0.25) is 0 Å². The van der Waals surface area contributed by atoms with Gasteiger partial charge in [0.05, 0.1) is 6.10 Å². The van der Waals surface area contributed by atoms with E-state index in [-0.39, 0.29) is 6.10 Å². The minimum absolute atomic E-state index is 0.0626. The number of halogens is 1. The van der Waals surface area contributed by atoms with Gasteiger partial charge in [0.1, 0.15) is 6.17 Å². The first-order chi connectivity index (χ1) is 4.20. The predicted octanol–water partition coefficient (Wildman–Crippen LogP) is 1.77. The number of rotatable bonds is 3. The van der Waals surface area contributed by atoms with Crippen molar-refractivity contribution in [3.8, 4) is 0 Å². The Morgan fingerprint density at radius 1 is 1.67 bits per heavy atom. The Labute approximate surface area is 55.2 Å². The maximum Gasteiger partial charge on any atom is 0.129 e. The van der Waals surface area contributed by atoms with E-state index < -0.39 is 6.17 Å². The summed E-state index contributed by atoms with van der Waals surface area (Å²) in [4.78, 5) is 0. The van der Waals surface area contributed by atoms with E-state index in [1.807, 2.05) is 0 Å². The summed E-state index contributed by atoms with van der Waals surface area (Å²) in [5.41, 5.74) is 0. The quantitative estimate of drug-likeness (QED) is 0.568. The lowest BCUT2D eigenvalue weighted by atomic mass is 10.2. The van der Waals surface area contributed by atoms with Gasteiger partial charge in [0.15, 0.2) is 0 Å². The molecule has 1 nitrogen and oxygen atoms in total. The monoisotopic (exact) mass is 132 g/mol. The Bertz CT molecular complexity index is 92.9. The molecule has 1 rings (SSSR count). The summed E-state index contributed by atoms with van der Waals surface area (Å²) < 4.78 is 17.3. The fourth-order valence-electron chi connectivity index (χ4n) is 0.632. The summed E-state index contributed by atoms with van der Waals surface area (Å²) in [5, 5.41) is 0. The van der Waals surface area contributed by atoms with Gasteiger partial charge < -0.3 is 4.74 Å². The predicted molar refractivity (Wildman–Crippen MR) is 34.1 cm³/mol.